The molecular weight excluding hydrogens is 424 g/mol. The van der Waals surface area contributed by atoms with E-state index in [0.29, 0.717) is 11.1 Å². The maximum atomic E-state index is 12.4. The van der Waals surface area contributed by atoms with Gasteiger partial charge >= 0.3 is 11.9 Å². The summed E-state index contributed by atoms with van der Waals surface area (Å²) in [6, 6.07) is 21.4. The van der Waals surface area contributed by atoms with Gasteiger partial charge in [0.05, 0.1) is 5.56 Å². The van der Waals surface area contributed by atoms with E-state index in [-0.39, 0.29) is 17.1 Å². The van der Waals surface area contributed by atoms with Crippen LogP contribution >= 0.6 is 15.9 Å². The molecule has 0 radical (unpaired) electrons. The Balaban J connectivity index is 1.68. The van der Waals surface area contributed by atoms with Crippen LogP contribution in [0.3, 0.4) is 0 Å². The van der Waals surface area contributed by atoms with Crippen LogP contribution in [0.1, 0.15) is 31.1 Å². The minimum atomic E-state index is -0.748. The van der Waals surface area contributed by atoms with Crippen molar-refractivity contribution in [2.75, 3.05) is 6.61 Å². The van der Waals surface area contributed by atoms with Gasteiger partial charge in [-0.2, -0.15) is 0 Å². The molecule has 0 saturated carbocycles. The highest BCUT2D eigenvalue weighted by atomic mass is 79.9. The number of carbonyl (C=O) groups excluding carboxylic acids is 3. The van der Waals surface area contributed by atoms with Crippen LogP contribution in [-0.2, 0) is 4.74 Å². The average molecular weight is 439 g/mol. The molecule has 0 heterocycles. The Morgan fingerprint density at radius 2 is 1.36 bits per heavy atom. The lowest BCUT2D eigenvalue weighted by Crippen LogP contribution is -2.16. The average Bonchev–Trinajstić information content (AvgIpc) is 2.73. The van der Waals surface area contributed by atoms with Gasteiger partial charge in [0.2, 0.25) is 0 Å². The highest BCUT2D eigenvalue weighted by molar-refractivity contribution is 9.10. The Kier molecular flexibility index (Phi) is 6.34. The van der Waals surface area contributed by atoms with Gasteiger partial charge in [0, 0.05) is 10.0 Å². The van der Waals surface area contributed by atoms with Gasteiger partial charge < -0.3 is 9.47 Å². The molecule has 0 aliphatic carbocycles. The second kappa shape index (κ2) is 9.10. The molecule has 0 atom stereocenters. The van der Waals surface area contributed by atoms with E-state index in [0.717, 1.165) is 4.47 Å². The summed E-state index contributed by atoms with van der Waals surface area (Å²) < 4.78 is 11.3. The van der Waals surface area contributed by atoms with Gasteiger partial charge in [-0.25, -0.2) is 9.59 Å². The molecule has 0 aliphatic heterocycles. The number of esters is 2. The molecule has 3 rings (SSSR count). The monoisotopic (exact) mass is 438 g/mol. The Bertz CT molecular complexity index is 997. The zero-order valence-electron chi connectivity index (χ0n) is 14.6. The summed E-state index contributed by atoms with van der Waals surface area (Å²) in [6.45, 7) is -0.415. The van der Waals surface area contributed by atoms with E-state index >= 15 is 0 Å². The predicted molar refractivity (Wildman–Crippen MR) is 107 cm³/mol. The fourth-order valence-electron chi connectivity index (χ4n) is 2.39. The number of halogens is 1. The third-order valence-electron chi connectivity index (χ3n) is 3.82. The summed E-state index contributed by atoms with van der Waals surface area (Å²) in [5.74, 6) is -1.61. The highest BCUT2D eigenvalue weighted by Gasteiger charge is 2.18. The molecule has 5 nitrogen and oxygen atoms in total. The molecular formula is C22H15BrO5. The lowest BCUT2D eigenvalue weighted by molar-refractivity contribution is 0.0469. The van der Waals surface area contributed by atoms with Crippen LogP contribution in [0.4, 0.5) is 0 Å². The van der Waals surface area contributed by atoms with E-state index in [1.54, 1.807) is 66.7 Å². The number of hydrogen-bond donors (Lipinski definition) is 0. The van der Waals surface area contributed by atoms with E-state index in [9.17, 15) is 14.4 Å². The van der Waals surface area contributed by atoms with Crippen molar-refractivity contribution in [3.8, 4) is 5.75 Å². The lowest BCUT2D eigenvalue weighted by atomic mass is 10.1. The minimum Gasteiger partial charge on any atom is -0.454 e. The summed E-state index contributed by atoms with van der Waals surface area (Å²) in [7, 11) is 0. The number of ether oxygens (including phenoxy) is 2. The second-order valence-electron chi connectivity index (χ2n) is 5.76. The topological polar surface area (TPSA) is 69.7 Å². The van der Waals surface area contributed by atoms with Crippen molar-refractivity contribution in [3.63, 3.8) is 0 Å². The Morgan fingerprint density at radius 1 is 0.714 bits per heavy atom. The Hall–Kier alpha value is -3.25. The third-order valence-corrected chi connectivity index (χ3v) is 4.35. The number of rotatable bonds is 6. The summed E-state index contributed by atoms with van der Waals surface area (Å²) in [5, 5.41) is 0. The van der Waals surface area contributed by atoms with Crippen molar-refractivity contribution in [2.45, 2.75) is 0 Å². The molecule has 0 spiro atoms. The van der Waals surface area contributed by atoms with Crippen molar-refractivity contribution < 1.29 is 23.9 Å². The van der Waals surface area contributed by atoms with Crippen molar-refractivity contribution in [3.05, 3.63) is 100 Å². The van der Waals surface area contributed by atoms with E-state index in [1.165, 1.54) is 12.1 Å². The molecule has 0 saturated heterocycles. The normalized spacial score (nSPS) is 10.2. The molecule has 0 fully saturated rings. The van der Waals surface area contributed by atoms with Gasteiger partial charge in [-0.3, -0.25) is 4.79 Å². The zero-order chi connectivity index (χ0) is 19.9. The molecule has 0 bridgehead atoms. The fourth-order valence-corrected chi connectivity index (χ4v) is 2.65. The molecule has 3 aromatic carbocycles. The number of benzene rings is 3. The number of hydrogen-bond acceptors (Lipinski definition) is 5. The maximum absolute atomic E-state index is 12.4. The fraction of sp³-hybridized carbons (Fsp3) is 0.0455. The minimum absolute atomic E-state index is 0.0652. The Labute approximate surface area is 170 Å². The van der Waals surface area contributed by atoms with Crippen LogP contribution in [0.25, 0.3) is 0 Å². The summed E-state index contributed by atoms with van der Waals surface area (Å²) in [5.41, 5.74) is 0.853. The first kappa shape index (κ1) is 19.5. The first-order valence-corrected chi connectivity index (χ1v) is 9.16. The molecule has 0 aromatic heterocycles. The van der Waals surface area contributed by atoms with Crippen LogP contribution in [-0.4, -0.2) is 24.3 Å². The molecule has 0 amide bonds. The van der Waals surface area contributed by atoms with Crippen LogP contribution < -0.4 is 4.74 Å². The molecule has 0 N–H and O–H groups in total. The van der Waals surface area contributed by atoms with Crippen LogP contribution in [0, 0.1) is 0 Å². The van der Waals surface area contributed by atoms with Crippen molar-refractivity contribution in [2.24, 2.45) is 0 Å². The van der Waals surface area contributed by atoms with E-state index in [1.807, 2.05) is 0 Å². The number of para-hydroxylation sites is 1. The van der Waals surface area contributed by atoms with Gasteiger partial charge in [0.15, 0.2) is 12.4 Å². The molecule has 140 valence electrons. The molecule has 28 heavy (non-hydrogen) atoms. The second-order valence-corrected chi connectivity index (χ2v) is 6.67. The number of carbonyl (C=O) groups is 3. The van der Waals surface area contributed by atoms with Gasteiger partial charge in [-0.1, -0.05) is 58.4 Å². The molecule has 6 heteroatoms. The SMILES string of the molecule is O=C(COC(=O)c1ccccc1OC(=O)c1ccccc1)c1ccc(Br)cc1. The highest BCUT2D eigenvalue weighted by Crippen LogP contribution is 2.21. The standard InChI is InChI=1S/C22H15BrO5/c23-17-12-10-15(11-13-17)19(24)14-27-22(26)18-8-4-5-9-20(18)28-21(25)16-6-2-1-3-7-16/h1-13H,14H2. The van der Waals surface area contributed by atoms with E-state index < -0.39 is 18.5 Å². The largest absolute Gasteiger partial charge is 0.454 e. The van der Waals surface area contributed by atoms with Gasteiger partial charge in [-0.15, -0.1) is 0 Å². The molecule has 3 aromatic rings. The van der Waals surface area contributed by atoms with E-state index in [2.05, 4.69) is 15.9 Å². The quantitative estimate of drug-likeness (QED) is 0.316. The van der Waals surface area contributed by atoms with Crippen molar-refractivity contribution in [1.82, 2.24) is 0 Å². The predicted octanol–water partition coefficient (Wildman–Crippen LogP) is 4.71. The van der Waals surface area contributed by atoms with Gasteiger partial charge in [0.25, 0.3) is 0 Å². The third kappa shape index (κ3) is 4.92. The van der Waals surface area contributed by atoms with Crippen molar-refractivity contribution in [1.29, 1.82) is 0 Å². The molecule has 0 aliphatic rings. The summed E-state index contributed by atoms with van der Waals surface area (Å²) >= 11 is 3.29. The Morgan fingerprint density at radius 3 is 2.07 bits per heavy atom. The van der Waals surface area contributed by atoms with Crippen molar-refractivity contribution >= 4 is 33.7 Å². The van der Waals surface area contributed by atoms with Crippen LogP contribution in [0.5, 0.6) is 5.75 Å². The van der Waals surface area contributed by atoms with E-state index in [4.69, 9.17) is 9.47 Å². The summed E-state index contributed by atoms with van der Waals surface area (Å²) in [4.78, 5) is 36.8. The zero-order valence-corrected chi connectivity index (χ0v) is 16.2. The van der Waals surface area contributed by atoms with Gasteiger partial charge in [-0.05, 0) is 36.4 Å². The summed E-state index contributed by atoms with van der Waals surface area (Å²) in [6.07, 6.45) is 0. The number of ketones is 1. The maximum Gasteiger partial charge on any atom is 0.343 e. The molecule has 0 unspecified atom stereocenters. The van der Waals surface area contributed by atoms with Crippen LogP contribution in [0.15, 0.2) is 83.3 Å². The first-order chi connectivity index (χ1) is 13.5. The van der Waals surface area contributed by atoms with Crippen LogP contribution in [0.2, 0.25) is 0 Å². The van der Waals surface area contributed by atoms with Gasteiger partial charge in [0.1, 0.15) is 11.3 Å². The number of Topliss-reactive ketones (excluding diaryl/α,β-unsaturated/α-hetero) is 1. The first-order valence-electron chi connectivity index (χ1n) is 8.37. The lowest BCUT2D eigenvalue weighted by Gasteiger charge is -2.10. The smallest absolute Gasteiger partial charge is 0.343 e.